The lowest BCUT2D eigenvalue weighted by Crippen LogP contribution is -2.46. The molecule has 1 aromatic carbocycles. The first-order valence-corrected chi connectivity index (χ1v) is 15.8. The molecule has 2 aromatic heterocycles. The van der Waals surface area contributed by atoms with Gasteiger partial charge in [-0.05, 0) is 49.9 Å². The molecule has 0 unspecified atom stereocenters. The Balaban J connectivity index is 1.60. The zero-order valence-electron chi connectivity index (χ0n) is 22.2. The van der Waals surface area contributed by atoms with Crippen molar-refractivity contribution in [2.24, 2.45) is 0 Å². The van der Waals surface area contributed by atoms with Crippen LogP contribution in [0.4, 0.5) is 29.1 Å². The smallest absolute Gasteiger partial charge is 0.393 e. The molecule has 6 nitrogen and oxygen atoms in total. The quantitative estimate of drug-likeness (QED) is 0.216. The summed E-state index contributed by atoms with van der Waals surface area (Å²) < 4.78 is 73.6. The third-order valence-electron chi connectivity index (χ3n) is 6.51. The summed E-state index contributed by atoms with van der Waals surface area (Å²) >= 11 is 1.17. The number of likely N-dealkylation sites (tertiary alicyclic amines) is 1. The van der Waals surface area contributed by atoms with E-state index in [1.807, 2.05) is 11.9 Å². The van der Waals surface area contributed by atoms with Crippen LogP contribution in [-0.2, 0) is 11.0 Å². The van der Waals surface area contributed by atoms with Crippen molar-refractivity contribution in [1.82, 2.24) is 9.88 Å². The normalized spacial score (nSPS) is 18.5. The van der Waals surface area contributed by atoms with E-state index in [1.165, 1.54) is 24.6 Å². The van der Waals surface area contributed by atoms with Crippen LogP contribution in [0.15, 0.2) is 30.5 Å². The first-order chi connectivity index (χ1) is 18.4. The van der Waals surface area contributed by atoms with Crippen LogP contribution in [0.3, 0.4) is 0 Å². The van der Waals surface area contributed by atoms with Gasteiger partial charge in [0.1, 0.15) is 13.3 Å². The summed E-state index contributed by atoms with van der Waals surface area (Å²) in [5.74, 6) is 6.58. The Bertz CT molecular complexity index is 1440. The molecule has 1 saturated heterocycles. The summed E-state index contributed by atoms with van der Waals surface area (Å²) in [4.78, 5) is 6.51. The Morgan fingerprint density at radius 3 is 2.74 bits per heavy atom. The van der Waals surface area contributed by atoms with E-state index in [2.05, 4.69) is 27.5 Å². The predicted octanol–water partition coefficient (Wildman–Crippen LogP) is 5.58. The molecule has 1 fully saturated rings. The topological polar surface area (TPSA) is 66.5 Å². The lowest BCUT2D eigenvalue weighted by atomic mass is 10.0. The van der Waals surface area contributed by atoms with Crippen molar-refractivity contribution >= 4 is 45.4 Å². The van der Waals surface area contributed by atoms with Gasteiger partial charge in [0.2, 0.25) is 0 Å². The van der Waals surface area contributed by atoms with Crippen molar-refractivity contribution in [2.75, 3.05) is 57.8 Å². The summed E-state index contributed by atoms with van der Waals surface area (Å²) in [6.07, 6.45) is -4.51. The largest absolute Gasteiger partial charge is 0.493 e. The molecule has 3 heterocycles. The molecular formula is C27H31F4N4O2PS. The van der Waals surface area contributed by atoms with Crippen molar-refractivity contribution in [1.29, 1.82) is 0 Å². The summed E-state index contributed by atoms with van der Waals surface area (Å²) in [7, 11) is 0.805. The van der Waals surface area contributed by atoms with Gasteiger partial charge in [0.25, 0.3) is 0 Å². The molecule has 12 heteroatoms. The van der Waals surface area contributed by atoms with Gasteiger partial charge in [-0.1, -0.05) is 24.0 Å². The number of ether oxygens (including phenoxy) is 1. The highest BCUT2D eigenvalue weighted by Crippen LogP contribution is 2.40. The van der Waals surface area contributed by atoms with Crippen LogP contribution in [0.25, 0.3) is 10.1 Å². The Hall–Kier alpha value is -2.80. The second-order valence-electron chi connectivity index (χ2n) is 9.95. The molecule has 0 amide bonds. The number of hydrogen-bond donors (Lipinski definition) is 2. The second kappa shape index (κ2) is 11.7. The number of hydrogen-bond acceptors (Lipinski definition) is 7. The number of rotatable bonds is 7. The minimum absolute atomic E-state index is 0.0998. The zero-order valence-corrected chi connectivity index (χ0v) is 23.9. The van der Waals surface area contributed by atoms with E-state index in [9.17, 15) is 22.1 Å². The number of fused-ring (bicyclic) bond motifs is 1. The number of nitrogens with one attached hydrogen (secondary N) is 2. The summed E-state index contributed by atoms with van der Waals surface area (Å²) in [6, 6.07) is 6.34. The summed E-state index contributed by atoms with van der Waals surface area (Å²) in [5.41, 5.74) is 0.725. The van der Waals surface area contributed by atoms with Gasteiger partial charge in [0, 0.05) is 24.6 Å². The van der Waals surface area contributed by atoms with Crippen LogP contribution in [0.1, 0.15) is 16.9 Å². The molecule has 0 saturated carbocycles. The highest BCUT2D eigenvalue weighted by molar-refractivity contribution is 7.70. The number of methoxy groups -OCH3 is 1. The highest BCUT2D eigenvalue weighted by atomic mass is 32.1. The number of anilines is 2. The van der Waals surface area contributed by atoms with Crippen molar-refractivity contribution in [3.63, 3.8) is 0 Å². The molecule has 0 radical (unpaired) electrons. The van der Waals surface area contributed by atoms with Crippen molar-refractivity contribution in [3.05, 3.63) is 40.9 Å². The SMILES string of the molecule is COc1cc(P(C)(C)=O)cnc1NCC#Cc1sc2c(N[C@@H]3CCN(C)C[C@@H]3F)cccc2c1CC(F)(F)F. The molecule has 1 aliphatic rings. The predicted molar refractivity (Wildman–Crippen MR) is 151 cm³/mol. The van der Waals surface area contributed by atoms with E-state index in [0.717, 1.165) is 6.54 Å². The summed E-state index contributed by atoms with van der Waals surface area (Å²) in [5, 5.41) is 7.29. The maximum absolute atomic E-state index is 14.7. The van der Waals surface area contributed by atoms with Crippen LogP contribution in [0, 0.1) is 11.8 Å². The minimum Gasteiger partial charge on any atom is -0.493 e. The number of piperidine rings is 1. The first-order valence-electron chi connectivity index (χ1n) is 12.4. The fourth-order valence-corrected chi connectivity index (χ4v) is 6.38. The lowest BCUT2D eigenvalue weighted by Gasteiger charge is -2.33. The van der Waals surface area contributed by atoms with E-state index in [1.54, 1.807) is 37.6 Å². The van der Waals surface area contributed by atoms with Gasteiger partial charge in [0.05, 0.1) is 41.4 Å². The van der Waals surface area contributed by atoms with Gasteiger partial charge in [-0.15, -0.1) is 11.3 Å². The maximum atomic E-state index is 14.7. The van der Waals surface area contributed by atoms with Gasteiger partial charge in [-0.2, -0.15) is 13.2 Å². The molecule has 210 valence electrons. The summed E-state index contributed by atoms with van der Waals surface area (Å²) in [6.45, 7) is 4.41. The first kappa shape index (κ1) is 29.2. The molecule has 0 bridgehead atoms. The van der Waals surface area contributed by atoms with Crippen LogP contribution in [-0.4, -0.2) is 75.4 Å². The van der Waals surface area contributed by atoms with E-state index in [0.29, 0.717) is 50.5 Å². The van der Waals surface area contributed by atoms with Crippen molar-refractivity contribution in [2.45, 2.75) is 31.2 Å². The fraction of sp³-hybridized carbons (Fsp3) is 0.444. The van der Waals surface area contributed by atoms with E-state index in [4.69, 9.17) is 4.74 Å². The van der Waals surface area contributed by atoms with E-state index < -0.39 is 32.0 Å². The van der Waals surface area contributed by atoms with Gasteiger partial charge in [-0.3, -0.25) is 0 Å². The molecule has 0 aliphatic carbocycles. The molecule has 3 aromatic rings. The molecule has 4 rings (SSSR count). The second-order valence-corrected chi connectivity index (χ2v) is 14.2. The highest BCUT2D eigenvalue weighted by Gasteiger charge is 2.32. The molecule has 0 spiro atoms. The van der Waals surface area contributed by atoms with Gasteiger partial charge in [-0.25, -0.2) is 9.37 Å². The fourth-order valence-electron chi connectivity index (χ4n) is 4.45. The Kier molecular flexibility index (Phi) is 8.79. The van der Waals surface area contributed by atoms with Crippen LogP contribution in [0.5, 0.6) is 5.75 Å². The van der Waals surface area contributed by atoms with Crippen molar-refractivity contribution in [3.8, 4) is 17.6 Å². The average molecular weight is 583 g/mol. The molecule has 39 heavy (non-hydrogen) atoms. The number of aromatic nitrogens is 1. The van der Waals surface area contributed by atoms with Gasteiger partial charge >= 0.3 is 6.18 Å². The molecule has 2 N–H and O–H groups in total. The molecule has 2 atom stereocenters. The lowest BCUT2D eigenvalue weighted by molar-refractivity contribution is -0.126. The van der Waals surface area contributed by atoms with E-state index in [-0.39, 0.29) is 12.1 Å². The molecular weight excluding hydrogens is 551 g/mol. The zero-order chi connectivity index (χ0) is 28.4. The molecule has 1 aliphatic heterocycles. The Morgan fingerprint density at radius 2 is 2.08 bits per heavy atom. The third-order valence-corrected chi connectivity index (χ3v) is 9.19. The average Bonchev–Trinajstić information content (AvgIpc) is 3.19. The third kappa shape index (κ3) is 7.24. The minimum atomic E-state index is -4.42. The maximum Gasteiger partial charge on any atom is 0.393 e. The van der Waals surface area contributed by atoms with Gasteiger partial charge in [0.15, 0.2) is 11.6 Å². The number of pyridine rings is 1. The van der Waals surface area contributed by atoms with Crippen LogP contribution >= 0.6 is 18.5 Å². The van der Waals surface area contributed by atoms with Crippen molar-refractivity contribution < 1.29 is 26.9 Å². The number of benzene rings is 1. The Labute approximate surface area is 229 Å². The number of nitrogens with zero attached hydrogens (tertiary/aromatic N) is 2. The number of thiophene rings is 1. The number of halogens is 4. The van der Waals surface area contributed by atoms with E-state index >= 15 is 0 Å². The van der Waals surface area contributed by atoms with Gasteiger partial charge < -0.3 is 24.8 Å². The van der Waals surface area contributed by atoms with Crippen LogP contribution in [0.2, 0.25) is 0 Å². The Morgan fingerprint density at radius 1 is 1.31 bits per heavy atom. The standard InChI is InChI=1S/C27H31F4N4O2PS/c1-35-12-10-21(20(28)16-35)34-22-8-5-7-18-19(14-27(29,30)31)24(39-25(18)22)9-6-11-32-26-23(37-2)13-17(15-33-26)38(3,4)36/h5,7-8,13,15,20-21,34H,10-12,14,16H2,1-4H3,(H,32,33)/t20-,21+/m0/s1. The monoisotopic (exact) mass is 582 g/mol. The van der Waals surface area contributed by atoms with Crippen LogP contribution < -0.4 is 20.7 Å². The number of alkyl halides is 4.